The number of phenols is 1. The van der Waals surface area contributed by atoms with E-state index in [1.54, 1.807) is 6.07 Å². The van der Waals surface area contributed by atoms with Crippen LogP contribution in [0.25, 0.3) is 0 Å². The van der Waals surface area contributed by atoms with Gasteiger partial charge in [0.25, 0.3) is 5.91 Å². The highest BCUT2D eigenvalue weighted by Gasteiger charge is 2.09. The zero-order valence-corrected chi connectivity index (χ0v) is 12.6. The fourth-order valence-electron chi connectivity index (χ4n) is 2.10. The fraction of sp³-hybridized carbons (Fsp3) is 0.176. The Bertz CT molecular complexity index is 724. The third-order valence-corrected chi connectivity index (χ3v) is 3.42. The number of hydrogen-bond acceptors (Lipinski definition) is 4. The van der Waals surface area contributed by atoms with E-state index in [0.29, 0.717) is 11.3 Å². The molecular weight excluding hydrogens is 278 g/mol. The van der Waals surface area contributed by atoms with Crippen LogP contribution in [0.5, 0.6) is 5.75 Å². The minimum absolute atomic E-state index is 0.0843. The number of carbonyl (C=O) groups is 1. The summed E-state index contributed by atoms with van der Waals surface area (Å²) in [6, 6.07) is 12.6. The van der Waals surface area contributed by atoms with E-state index in [0.717, 1.165) is 12.1 Å². The van der Waals surface area contributed by atoms with Crippen LogP contribution in [0.15, 0.2) is 47.6 Å². The molecule has 0 bridgehead atoms. The number of nitrogens with two attached hydrogens (primary N) is 1. The molecule has 4 N–H and O–H groups in total. The minimum atomic E-state index is -0.670. The number of benzene rings is 2. The lowest BCUT2D eigenvalue weighted by Crippen LogP contribution is -2.12. The van der Waals surface area contributed by atoms with Gasteiger partial charge in [0.2, 0.25) is 0 Å². The van der Waals surface area contributed by atoms with Crippen molar-refractivity contribution >= 4 is 17.3 Å². The number of carbonyl (C=O) groups excluding carboxylic acids is 1. The summed E-state index contributed by atoms with van der Waals surface area (Å²) in [7, 11) is 0. The monoisotopic (exact) mass is 297 g/mol. The largest absolute Gasteiger partial charge is 0.507 e. The zero-order chi connectivity index (χ0) is 16.1. The average molecular weight is 297 g/mol. The van der Waals surface area contributed by atoms with Crippen molar-refractivity contribution in [3.63, 3.8) is 0 Å². The number of aromatic hydroxyl groups is 1. The number of amides is 1. The summed E-state index contributed by atoms with van der Waals surface area (Å²) in [6.07, 6.45) is 0.906. The third kappa shape index (κ3) is 3.44. The van der Waals surface area contributed by atoms with Crippen molar-refractivity contribution in [2.45, 2.75) is 20.3 Å². The Morgan fingerprint density at radius 2 is 2.00 bits per heavy atom. The number of rotatable bonds is 5. The van der Waals surface area contributed by atoms with Crippen molar-refractivity contribution in [2.24, 2.45) is 10.8 Å². The zero-order valence-electron chi connectivity index (χ0n) is 12.6. The SMILES string of the molecule is CCc1ccccc1N/N=C(/C)c1ccc(O)c(C(N)=O)c1. The second-order valence-corrected chi connectivity index (χ2v) is 4.92. The first kappa shape index (κ1) is 15.6. The Balaban J connectivity index is 2.26. The maximum absolute atomic E-state index is 11.3. The highest BCUT2D eigenvalue weighted by molar-refractivity contribution is 6.03. The smallest absolute Gasteiger partial charge is 0.252 e. The van der Waals surface area contributed by atoms with E-state index < -0.39 is 5.91 Å². The van der Waals surface area contributed by atoms with Crippen molar-refractivity contribution in [3.8, 4) is 5.75 Å². The molecule has 0 unspecified atom stereocenters. The Morgan fingerprint density at radius 1 is 1.27 bits per heavy atom. The molecule has 0 aliphatic heterocycles. The van der Waals surface area contributed by atoms with E-state index >= 15 is 0 Å². The summed E-state index contributed by atoms with van der Waals surface area (Å²) in [5, 5.41) is 13.9. The molecule has 1 amide bonds. The number of primary amides is 1. The lowest BCUT2D eigenvalue weighted by molar-refractivity contribution is 0.0998. The molecule has 5 heteroatoms. The number of nitrogens with zero attached hydrogens (tertiary/aromatic N) is 1. The van der Waals surface area contributed by atoms with Crippen molar-refractivity contribution in [2.75, 3.05) is 5.43 Å². The number of aryl methyl sites for hydroxylation is 1. The Morgan fingerprint density at radius 3 is 2.68 bits per heavy atom. The van der Waals surface area contributed by atoms with Crippen LogP contribution < -0.4 is 11.2 Å². The molecule has 0 heterocycles. The van der Waals surface area contributed by atoms with Gasteiger partial charge < -0.3 is 10.8 Å². The molecule has 0 saturated heterocycles. The van der Waals surface area contributed by atoms with Crippen LogP contribution in [0.2, 0.25) is 0 Å². The van der Waals surface area contributed by atoms with Gasteiger partial charge in [0.1, 0.15) is 5.75 Å². The van der Waals surface area contributed by atoms with Gasteiger partial charge in [-0.3, -0.25) is 10.2 Å². The topological polar surface area (TPSA) is 87.7 Å². The van der Waals surface area contributed by atoms with Crippen LogP contribution in [-0.4, -0.2) is 16.7 Å². The summed E-state index contributed by atoms with van der Waals surface area (Å²) in [5.41, 5.74) is 11.9. The summed E-state index contributed by atoms with van der Waals surface area (Å²) >= 11 is 0. The predicted molar refractivity (Wildman–Crippen MR) is 88.3 cm³/mol. The van der Waals surface area contributed by atoms with Gasteiger partial charge in [0, 0.05) is 0 Å². The van der Waals surface area contributed by atoms with E-state index in [-0.39, 0.29) is 11.3 Å². The number of anilines is 1. The second-order valence-electron chi connectivity index (χ2n) is 4.92. The number of nitrogens with one attached hydrogen (secondary N) is 1. The van der Waals surface area contributed by atoms with Crippen molar-refractivity contribution in [1.82, 2.24) is 0 Å². The summed E-state index contributed by atoms with van der Waals surface area (Å²) < 4.78 is 0. The lowest BCUT2D eigenvalue weighted by Gasteiger charge is -2.09. The molecule has 0 spiro atoms. The summed E-state index contributed by atoms with van der Waals surface area (Å²) in [4.78, 5) is 11.3. The molecule has 5 nitrogen and oxygen atoms in total. The van der Waals surface area contributed by atoms with Crippen LogP contribution in [0.4, 0.5) is 5.69 Å². The van der Waals surface area contributed by atoms with Crippen LogP contribution in [0.1, 0.15) is 35.3 Å². The van der Waals surface area contributed by atoms with E-state index in [2.05, 4.69) is 17.5 Å². The predicted octanol–water partition coefficient (Wildman–Crippen LogP) is 2.89. The second kappa shape index (κ2) is 6.76. The molecule has 0 atom stereocenters. The molecule has 114 valence electrons. The summed E-state index contributed by atoms with van der Waals surface area (Å²) in [5.74, 6) is -0.801. The van der Waals surface area contributed by atoms with Gasteiger partial charge >= 0.3 is 0 Å². The summed E-state index contributed by atoms with van der Waals surface area (Å²) in [6.45, 7) is 3.90. The Kier molecular flexibility index (Phi) is 4.78. The molecule has 2 aromatic carbocycles. The first-order chi connectivity index (χ1) is 10.5. The van der Waals surface area contributed by atoms with Crippen LogP contribution in [0, 0.1) is 0 Å². The van der Waals surface area contributed by atoms with E-state index in [4.69, 9.17) is 5.73 Å². The van der Waals surface area contributed by atoms with Gasteiger partial charge in [0.15, 0.2) is 0 Å². The van der Waals surface area contributed by atoms with Gasteiger partial charge in [0.05, 0.1) is 17.0 Å². The quantitative estimate of drug-likeness (QED) is 0.585. The van der Waals surface area contributed by atoms with Crippen molar-refractivity contribution < 1.29 is 9.90 Å². The van der Waals surface area contributed by atoms with Gasteiger partial charge in [-0.25, -0.2) is 0 Å². The molecular formula is C17H19N3O2. The van der Waals surface area contributed by atoms with Gasteiger partial charge in [-0.1, -0.05) is 25.1 Å². The van der Waals surface area contributed by atoms with Crippen LogP contribution in [0.3, 0.4) is 0 Å². The van der Waals surface area contributed by atoms with Crippen molar-refractivity contribution in [3.05, 3.63) is 59.2 Å². The van der Waals surface area contributed by atoms with Gasteiger partial charge in [-0.2, -0.15) is 5.10 Å². The van der Waals surface area contributed by atoms with E-state index in [9.17, 15) is 9.90 Å². The fourth-order valence-corrected chi connectivity index (χ4v) is 2.10. The van der Waals surface area contributed by atoms with Crippen LogP contribution >= 0.6 is 0 Å². The first-order valence-corrected chi connectivity index (χ1v) is 7.04. The highest BCUT2D eigenvalue weighted by Crippen LogP contribution is 2.19. The number of para-hydroxylation sites is 1. The molecule has 0 aliphatic carbocycles. The number of hydrogen-bond donors (Lipinski definition) is 3. The molecule has 0 aromatic heterocycles. The first-order valence-electron chi connectivity index (χ1n) is 7.04. The maximum Gasteiger partial charge on any atom is 0.252 e. The standard InChI is InChI=1S/C17H19N3O2/c1-3-12-6-4-5-7-15(12)20-19-11(2)13-8-9-16(21)14(10-13)17(18)22/h4-10,20-21H,3H2,1-2H3,(H2,18,22)/b19-11-. The number of hydrazone groups is 1. The molecule has 2 rings (SSSR count). The van der Waals surface area contributed by atoms with Crippen LogP contribution in [-0.2, 0) is 6.42 Å². The van der Waals surface area contributed by atoms with Gasteiger partial charge in [-0.05, 0) is 48.7 Å². The maximum atomic E-state index is 11.3. The highest BCUT2D eigenvalue weighted by atomic mass is 16.3. The molecule has 0 fully saturated rings. The van der Waals surface area contributed by atoms with E-state index in [1.807, 2.05) is 31.2 Å². The van der Waals surface area contributed by atoms with E-state index in [1.165, 1.54) is 17.7 Å². The molecule has 0 aliphatic rings. The molecule has 0 saturated carbocycles. The average Bonchev–Trinajstić information content (AvgIpc) is 2.53. The minimum Gasteiger partial charge on any atom is -0.507 e. The molecule has 0 radical (unpaired) electrons. The van der Waals surface area contributed by atoms with Gasteiger partial charge in [-0.15, -0.1) is 0 Å². The molecule has 2 aromatic rings. The normalized spacial score (nSPS) is 11.3. The Labute approximate surface area is 129 Å². The lowest BCUT2D eigenvalue weighted by atomic mass is 10.1. The third-order valence-electron chi connectivity index (χ3n) is 3.42. The Hall–Kier alpha value is -2.82. The van der Waals surface area contributed by atoms with Crippen molar-refractivity contribution in [1.29, 1.82) is 0 Å². The molecule has 22 heavy (non-hydrogen) atoms.